The van der Waals surface area contributed by atoms with Crippen molar-refractivity contribution in [2.75, 3.05) is 0 Å². The van der Waals surface area contributed by atoms with Gasteiger partial charge in [0.2, 0.25) is 0 Å². The number of benzene rings is 2. The quantitative estimate of drug-likeness (QED) is 0.235. The maximum absolute atomic E-state index is 12.4. The second kappa shape index (κ2) is 12.0. The van der Waals surface area contributed by atoms with Crippen molar-refractivity contribution in [3.8, 4) is 29.4 Å². The SMILES string of the molecule is CCCCC#Cc1ccc(C#Cc2ccc(OC(=O)C3CCC(CC)CC3)cc2)cc1. The molecule has 0 heterocycles. The Balaban J connectivity index is 1.52. The Labute approximate surface area is 187 Å². The lowest BCUT2D eigenvalue weighted by Crippen LogP contribution is -2.25. The summed E-state index contributed by atoms with van der Waals surface area (Å²) < 4.78 is 5.60. The van der Waals surface area contributed by atoms with Crippen LogP contribution in [0.15, 0.2) is 48.5 Å². The number of rotatable bonds is 5. The third kappa shape index (κ3) is 7.34. The number of carbonyl (C=O) groups is 1. The molecule has 1 aliphatic rings. The van der Waals surface area contributed by atoms with E-state index in [2.05, 4.69) is 37.5 Å². The second-order valence-corrected chi connectivity index (χ2v) is 8.30. The molecule has 0 bridgehead atoms. The van der Waals surface area contributed by atoms with E-state index >= 15 is 0 Å². The van der Waals surface area contributed by atoms with E-state index in [1.54, 1.807) is 0 Å². The molecule has 1 fully saturated rings. The molecule has 160 valence electrons. The maximum Gasteiger partial charge on any atom is 0.314 e. The van der Waals surface area contributed by atoms with Gasteiger partial charge in [0.1, 0.15) is 5.75 Å². The number of carbonyl (C=O) groups excluding carboxylic acids is 1. The normalized spacial score (nSPS) is 17.6. The molecule has 0 N–H and O–H groups in total. The fraction of sp³-hybridized carbons (Fsp3) is 0.414. The molecule has 0 radical (unpaired) electrons. The molecule has 2 nitrogen and oxygen atoms in total. The number of esters is 1. The van der Waals surface area contributed by atoms with E-state index in [1.165, 1.54) is 12.8 Å². The summed E-state index contributed by atoms with van der Waals surface area (Å²) in [6.45, 7) is 4.40. The molecule has 2 aromatic carbocycles. The molecule has 3 rings (SSSR count). The first-order valence-electron chi connectivity index (χ1n) is 11.6. The fourth-order valence-electron chi connectivity index (χ4n) is 3.82. The van der Waals surface area contributed by atoms with Crippen LogP contribution in [0.25, 0.3) is 0 Å². The lowest BCUT2D eigenvalue weighted by molar-refractivity contribution is -0.140. The standard InChI is InChI=1S/C29H32O2/c1-3-5-6-7-8-24-9-11-25(12-10-24)13-14-26-17-21-28(22-18-26)31-29(30)27-19-15-23(4-2)16-20-27/h9-12,17-18,21-23,27H,3-6,15-16,19-20H2,1-2H3. The van der Waals surface area contributed by atoms with Gasteiger partial charge in [0, 0.05) is 23.1 Å². The van der Waals surface area contributed by atoms with Crippen LogP contribution in [0.4, 0.5) is 0 Å². The summed E-state index contributed by atoms with van der Waals surface area (Å²) in [4.78, 5) is 12.4. The van der Waals surface area contributed by atoms with Crippen molar-refractivity contribution in [3.05, 3.63) is 65.2 Å². The summed E-state index contributed by atoms with van der Waals surface area (Å²) >= 11 is 0. The lowest BCUT2D eigenvalue weighted by atomic mass is 9.81. The summed E-state index contributed by atoms with van der Waals surface area (Å²) in [6.07, 6.45) is 8.65. The molecule has 31 heavy (non-hydrogen) atoms. The zero-order valence-electron chi connectivity index (χ0n) is 18.7. The van der Waals surface area contributed by atoms with Crippen LogP contribution in [0, 0.1) is 35.5 Å². The van der Waals surface area contributed by atoms with Crippen LogP contribution in [0.3, 0.4) is 0 Å². The van der Waals surface area contributed by atoms with Gasteiger partial charge in [-0.25, -0.2) is 0 Å². The molecule has 0 saturated heterocycles. The third-order valence-corrected chi connectivity index (χ3v) is 5.95. The Morgan fingerprint density at radius 1 is 0.839 bits per heavy atom. The molecular formula is C29H32O2. The van der Waals surface area contributed by atoms with E-state index in [0.717, 1.165) is 61.1 Å². The van der Waals surface area contributed by atoms with Gasteiger partial charge in [-0.15, -0.1) is 0 Å². The number of hydrogen-bond acceptors (Lipinski definition) is 2. The molecule has 1 aliphatic carbocycles. The average molecular weight is 413 g/mol. The smallest absolute Gasteiger partial charge is 0.314 e. The lowest BCUT2D eigenvalue weighted by Gasteiger charge is -2.26. The molecule has 0 atom stereocenters. The first-order chi connectivity index (χ1) is 15.2. The average Bonchev–Trinajstić information content (AvgIpc) is 2.82. The highest BCUT2D eigenvalue weighted by Gasteiger charge is 2.26. The van der Waals surface area contributed by atoms with Gasteiger partial charge in [0.05, 0.1) is 5.92 Å². The van der Waals surface area contributed by atoms with Gasteiger partial charge >= 0.3 is 5.97 Å². The number of ether oxygens (including phenoxy) is 1. The van der Waals surface area contributed by atoms with Gasteiger partial charge in [-0.1, -0.05) is 50.4 Å². The van der Waals surface area contributed by atoms with Crippen LogP contribution in [-0.2, 0) is 4.79 Å². The zero-order chi connectivity index (χ0) is 21.9. The highest BCUT2D eigenvalue weighted by atomic mass is 16.5. The summed E-state index contributed by atoms with van der Waals surface area (Å²) in [7, 11) is 0. The van der Waals surface area contributed by atoms with E-state index in [9.17, 15) is 4.79 Å². The zero-order valence-corrected chi connectivity index (χ0v) is 18.7. The van der Waals surface area contributed by atoms with E-state index in [-0.39, 0.29) is 11.9 Å². The minimum atomic E-state index is -0.0914. The Kier molecular flexibility index (Phi) is 8.81. The first kappa shape index (κ1) is 22.7. The van der Waals surface area contributed by atoms with Gasteiger partial charge in [0.15, 0.2) is 0 Å². The van der Waals surface area contributed by atoms with Crippen LogP contribution in [0.2, 0.25) is 0 Å². The van der Waals surface area contributed by atoms with Crippen molar-refractivity contribution < 1.29 is 9.53 Å². The Morgan fingerprint density at radius 3 is 1.94 bits per heavy atom. The minimum Gasteiger partial charge on any atom is -0.426 e. The molecule has 2 aromatic rings. The summed E-state index contributed by atoms with van der Waals surface area (Å²) in [5.74, 6) is 14.1. The molecule has 0 amide bonds. The van der Waals surface area contributed by atoms with Crippen molar-refractivity contribution in [2.24, 2.45) is 11.8 Å². The van der Waals surface area contributed by atoms with Gasteiger partial charge in [-0.05, 0) is 86.6 Å². The summed E-state index contributed by atoms with van der Waals surface area (Å²) in [6, 6.07) is 15.5. The largest absolute Gasteiger partial charge is 0.426 e. The Bertz CT molecular complexity index is 954. The van der Waals surface area contributed by atoms with Crippen LogP contribution >= 0.6 is 0 Å². The van der Waals surface area contributed by atoms with Crippen molar-refractivity contribution in [1.29, 1.82) is 0 Å². The monoisotopic (exact) mass is 412 g/mol. The van der Waals surface area contributed by atoms with Crippen LogP contribution in [0.5, 0.6) is 5.75 Å². The number of hydrogen-bond donors (Lipinski definition) is 0. The predicted octanol–water partition coefficient (Wildman–Crippen LogP) is 6.75. The van der Waals surface area contributed by atoms with Crippen LogP contribution < -0.4 is 4.74 Å². The summed E-state index contributed by atoms with van der Waals surface area (Å²) in [5.41, 5.74) is 2.87. The highest BCUT2D eigenvalue weighted by Crippen LogP contribution is 2.31. The van der Waals surface area contributed by atoms with Crippen molar-refractivity contribution in [3.63, 3.8) is 0 Å². The fourth-order valence-corrected chi connectivity index (χ4v) is 3.82. The molecule has 0 aromatic heterocycles. The Morgan fingerprint density at radius 2 is 1.39 bits per heavy atom. The van der Waals surface area contributed by atoms with E-state index in [4.69, 9.17) is 4.74 Å². The summed E-state index contributed by atoms with van der Waals surface area (Å²) in [5, 5.41) is 0. The molecule has 0 unspecified atom stereocenters. The number of unbranched alkanes of at least 4 members (excludes halogenated alkanes) is 2. The third-order valence-electron chi connectivity index (χ3n) is 5.95. The van der Waals surface area contributed by atoms with E-state index in [0.29, 0.717) is 5.75 Å². The van der Waals surface area contributed by atoms with E-state index < -0.39 is 0 Å². The van der Waals surface area contributed by atoms with Crippen molar-refractivity contribution in [2.45, 2.75) is 65.2 Å². The Hall–Kier alpha value is -2.97. The first-order valence-corrected chi connectivity index (χ1v) is 11.6. The van der Waals surface area contributed by atoms with Crippen molar-refractivity contribution in [1.82, 2.24) is 0 Å². The molecule has 2 heteroatoms. The molecule has 0 spiro atoms. The van der Waals surface area contributed by atoms with Crippen molar-refractivity contribution >= 4 is 5.97 Å². The second-order valence-electron chi connectivity index (χ2n) is 8.30. The minimum absolute atomic E-state index is 0.0431. The van der Waals surface area contributed by atoms with Gasteiger partial charge in [-0.2, -0.15) is 0 Å². The van der Waals surface area contributed by atoms with Gasteiger partial charge in [-0.3, -0.25) is 4.79 Å². The van der Waals surface area contributed by atoms with E-state index in [1.807, 2.05) is 48.5 Å². The van der Waals surface area contributed by atoms with Crippen LogP contribution in [0.1, 0.15) is 81.9 Å². The predicted molar refractivity (Wildman–Crippen MR) is 127 cm³/mol. The molecular weight excluding hydrogens is 380 g/mol. The van der Waals surface area contributed by atoms with Gasteiger partial charge in [0.25, 0.3) is 0 Å². The van der Waals surface area contributed by atoms with Crippen LogP contribution in [-0.4, -0.2) is 5.97 Å². The molecule has 1 saturated carbocycles. The molecule has 0 aliphatic heterocycles. The topological polar surface area (TPSA) is 26.3 Å². The maximum atomic E-state index is 12.4. The van der Waals surface area contributed by atoms with Gasteiger partial charge < -0.3 is 4.74 Å². The highest BCUT2D eigenvalue weighted by molar-refractivity contribution is 5.75.